The Hall–Kier alpha value is -1.21. The molecule has 0 rings (SSSR count). The minimum Gasteiger partial charge on any atom is -0.393 e. The average molecular weight is 275 g/mol. The summed E-state index contributed by atoms with van der Waals surface area (Å²) in [6.07, 6.45) is 1.18. The van der Waals surface area contributed by atoms with Crippen molar-refractivity contribution in [3.63, 3.8) is 0 Å². The molecule has 0 aliphatic heterocycles. The zero-order valence-electron chi connectivity index (χ0n) is 10.9. The number of nitrogens with zero attached hydrogens (tertiary/aromatic N) is 1. The van der Waals surface area contributed by atoms with E-state index < -0.39 is 0 Å². The van der Waals surface area contributed by atoms with Gasteiger partial charge < -0.3 is 20.7 Å². The summed E-state index contributed by atoms with van der Waals surface area (Å²) >= 11 is 4.79. The third kappa shape index (κ3) is 8.89. The Morgan fingerprint density at radius 1 is 1.39 bits per heavy atom. The predicted octanol–water partition coefficient (Wildman–Crippen LogP) is -0.336. The van der Waals surface area contributed by atoms with E-state index in [-0.39, 0.29) is 18.4 Å². The molecular formula is C11H21N3O3S. The van der Waals surface area contributed by atoms with Crippen molar-refractivity contribution in [1.29, 1.82) is 0 Å². The van der Waals surface area contributed by atoms with Gasteiger partial charge in [-0.3, -0.25) is 9.59 Å². The molecule has 0 spiro atoms. The van der Waals surface area contributed by atoms with Crippen molar-refractivity contribution in [2.24, 2.45) is 5.73 Å². The monoisotopic (exact) mass is 275 g/mol. The molecule has 104 valence electrons. The first-order valence-electron chi connectivity index (χ1n) is 5.76. The lowest BCUT2D eigenvalue weighted by molar-refractivity contribution is -0.135. The van der Waals surface area contributed by atoms with Gasteiger partial charge in [0.1, 0.15) is 6.61 Å². The molecule has 0 saturated carbocycles. The molecule has 6 nitrogen and oxygen atoms in total. The Morgan fingerprint density at radius 2 is 2.06 bits per heavy atom. The van der Waals surface area contributed by atoms with Gasteiger partial charge in [-0.2, -0.15) is 0 Å². The van der Waals surface area contributed by atoms with Crippen LogP contribution >= 0.6 is 12.2 Å². The highest BCUT2D eigenvalue weighted by atomic mass is 32.1. The standard InChI is InChI=1S/C11H21N3O3S/c1-9(15)13-5-3-6-14(7-4-10(12)18)11(16)8-17-2/h3-8H2,1-2H3,(H2,12,18)(H,13,15). The molecule has 0 aromatic carbocycles. The number of amides is 2. The number of ether oxygens (including phenoxy) is 1. The van der Waals surface area contributed by atoms with E-state index in [2.05, 4.69) is 5.32 Å². The molecule has 0 saturated heterocycles. The highest BCUT2D eigenvalue weighted by molar-refractivity contribution is 7.80. The first kappa shape index (κ1) is 16.8. The van der Waals surface area contributed by atoms with E-state index >= 15 is 0 Å². The molecule has 0 fully saturated rings. The molecular weight excluding hydrogens is 254 g/mol. The van der Waals surface area contributed by atoms with Crippen molar-refractivity contribution in [3.8, 4) is 0 Å². The van der Waals surface area contributed by atoms with Gasteiger partial charge in [-0.15, -0.1) is 0 Å². The van der Waals surface area contributed by atoms with Gasteiger partial charge >= 0.3 is 0 Å². The Balaban J connectivity index is 4.07. The zero-order valence-corrected chi connectivity index (χ0v) is 11.7. The normalized spacial score (nSPS) is 9.89. The quantitative estimate of drug-likeness (QED) is 0.444. The van der Waals surface area contributed by atoms with E-state index in [0.29, 0.717) is 37.5 Å². The van der Waals surface area contributed by atoms with Crippen molar-refractivity contribution in [3.05, 3.63) is 0 Å². The molecule has 0 radical (unpaired) electrons. The van der Waals surface area contributed by atoms with Crippen molar-refractivity contribution >= 4 is 29.0 Å². The largest absolute Gasteiger partial charge is 0.393 e. The topological polar surface area (TPSA) is 84.7 Å². The van der Waals surface area contributed by atoms with Crippen LogP contribution in [0.15, 0.2) is 0 Å². The predicted molar refractivity (Wildman–Crippen MR) is 73.2 cm³/mol. The molecule has 0 aromatic heterocycles. The summed E-state index contributed by atoms with van der Waals surface area (Å²) in [5, 5.41) is 2.68. The molecule has 3 N–H and O–H groups in total. The highest BCUT2D eigenvalue weighted by Gasteiger charge is 2.12. The number of rotatable bonds is 9. The number of hydrogen-bond acceptors (Lipinski definition) is 4. The maximum Gasteiger partial charge on any atom is 0.248 e. The lowest BCUT2D eigenvalue weighted by Gasteiger charge is -2.22. The molecule has 0 aliphatic carbocycles. The van der Waals surface area contributed by atoms with E-state index in [1.165, 1.54) is 14.0 Å². The van der Waals surface area contributed by atoms with Crippen LogP contribution in [0.1, 0.15) is 19.8 Å². The van der Waals surface area contributed by atoms with Crippen molar-refractivity contribution < 1.29 is 14.3 Å². The van der Waals surface area contributed by atoms with Crippen molar-refractivity contribution in [1.82, 2.24) is 10.2 Å². The molecule has 0 unspecified atom stereocenters. The molecule has 2 amide bonds. The Morgan fingerprint density at radius 3 is 2.56 bits per heavy atom. The van der Waals surface area contributed by atoms with E-state index in [0.717, 1.165) is 0 Å². The van der Waals surface area contributed by atoms with Crippen LogP contribution < -0.4 is 11.1 Å². The Kier molecular flexibility index (Phi) is 9.13. The molecule has 0 bridgehead atoms. The van der Waals surface area contributed by atoms with Gasteiger partial charge in [0.25, 0.3) is 0 Å². The van der Waals surface area contributed by atoms with E-state index in [1.54, 1.807) is 4.90 Å². The number of hydrogen-bond donors (Lipinski definition) is 2. The minimum absolute atomic E-state index is 0.0392. The van der Waals surface area contributed by atoms with E-state index in [4.69, 9.17) is 22.7 Å². The molecule has 0 heterocycles. The fraction of sp³-hybridized carbons (Fsp3) is 0.727. The summed E-state index contributed by atoms with van der Waals surface area (Å²) < 4.78 is 4.81. The van der Waals surface area contributed by atoms with Gasteiger partial charge in [-0.1, -0.05) is 12.2 Å². The summed E-state index contributed by atoms with van der Waals surface area (Å²) in [5.41, 5.74) is 5.41. The third-order valence-corrected chi connectivity index (χ3v) is 2.43. The summed E-state index contributed by atoms with van der Waals surface area (Å²) in [6.45, 7) is 3.07. The second-order valence-electron chi connectivity index (χ2n) is 3.87. The number of methoxy groups -OCH3 is 1. The zero-order chi connectivity index (χ0) is 14.0. The van der Waals surface area contributed by atoms with Crippen LogP contribution in [0.4, 0.5) is 0 Å². The van der Waals surface area contributed by atoms with Crippen LogP contribution in [-0.4, -0.2) is 55.1 Å². The fourth-order valence-electron chi connectivity index (χ4n) is 1.36. The summed E-state index contributed by atoms with van der Waals surface area (Å²) in [5.74, 6) is -0.176. The molecule has 0 aliphatic rings. The van der Waals surface area contributed by atoms with E-state index in [1.807, 2.05) is 0 Å². The average Bonchev–Trinajstić information content (AvgIpc) is 2.27. The molecule has 18 heavy (non-hydrogen) atoms. The third-order valence-electron chi connectivity index (χ3n) is 2.23. The first-order chi connectivity index (χ1) is 8.47. The molecule has 0 atom stereocenters. The fourth-order valence-corrected chi connectivity index (χ4v) is 1.45. The molecule has 7 heteroatoms. The van der Waals surface area contributed by atoms with Crippen molar-refractivity contribution in [2.45, 2.75) is 19.8 Å². The van der Waals surface area contributed by atoms with Crippen LogP contribution in [0.25, 0.3) is 0 Å². The van der Waals surface area contributed by atoms with Crippen LogP contribution in [0, 0.1) is 0 Å². The maximum atomic E-state index is 11.7. The van der Waals surface area contributed by atoms with E-state index in [9.17, 15) is 9.59 Å². The highest BCUT2D eigenvalue weighted by Crippen LogP contribution is 1.96. The lowest BCUT2D eigenvalue weighted by Crippen LogP contribution is -2.38. The van der Waals surface area contributed by atoms with Crippen LogP contribution in [-0.2, 0) is 14.3 Å². The van der Waals surface area contributed by atoms with Crippen molar-refractivity contribution in [2.75, 3.05) is 33.4 Å². The van der Waals surface area contributed by atoms with Gasteiger partial charge in [0.05, 0.1) is 4.99 Å². The number of carbonyl (C=O) groups excluding carboxylic acids is 2. The Labute approximate surface area is 113 Å². The number of carbonyl (C=O) groups is 2. The van der Waals surface area contributed by atoms with Gasteiger partial charge in [0.15, 0.2) is 0 Å². The van der Waals surface area contributed by atoms with Crippen LogP contribution in [0.5, 0.6) is 0 Å². The number of thiocarbonyl (C=S) groups is 1. The first-order valence-corrected chi connectivity index (χ1v) is 6.17. The summed E-state index contributed by atoms with van der Waals surface area (Å²) in [4.78, 5) is 24.4. The van der Waals surface area contributed by atoms with Gasteiger partial charge in [-0.25, -0.2) is 0 Å². The van der Waals surface area contributed by atoms with Crippen LogP contribution in [0.2, 0.25) is 0 Å². The smallest absolute Gasteiger partial charge is 0.248 e. The van der Waals surface area contributed by atoms with Gasteiger partial charge in [0.2, 0.25) is 11.8 Å². The number of nitrogens with two attached hydrogens (primary N) is 1. The maximum absolute atomic E-state index is 11.7. The SMILES string of the molecule is COCC(=O)N(CCCNC(C)=O)CCC(N)=S. The van der Waals surface area contributed by atoms with Gasteiger partial charge in [-0.05, 0) is 6.42 Å². The Bertz CT molecular complexity index is 297. The summed E-state index contributed by atoms with van der Waals surface area (Å²) in [6, 6.07) is 0. The second-order valence-corrected chi connectivity index (χ2v) is 4.39. The summed E-state index contributed by atoms with van der Waals surface area (Å²) in [7, 11) is 1.47. The lowest BCUT2D eigenvalue weighted by atomic mass is 10.3. The minimum atomic E-state index is -0.100. The van der Waals surface area contributed by atoms with Crippen LogP contribution in [0.3, 0.4) is 0 Å². The second kappa shape index (κ2) is 9.78. The number of nitrogens with one attached hydrogen (secondary N) is 1. The molecule has 0 aromatic rings. The van der Waals surface area contributed by atoms with Gasteiger partial charge in [0, 0.05) is 40.1 Å².